The Morgan fingerprint density at radius 1 is 1.25 bits per heavy atom. The molecule has 0 spiro atoms. The molecule has 1 saturated heterocycles. The summed E-state index contributed by atoms with van der Waals surface area (Å²) in [5.41, 5.74) is -1.30. The predicted molar refractivity (Wildman–Crippen MR) is 82.6 cm³/mol. The van der Waals surface area contributed by atoms with Crippen LogP contribution in [-0.2, 0) is 10.9 Å². The lowest BCUT2D eigenvalue weighted by molar-refractivity contribution is -0.138. The zero-order valence-electron chi connectivity index (χ0n) is 13.9. The molecule has 0 aromatic heterocycles. The Kier molecular flexibility index (Phi) is 5.13. The fourth-order valence-electron chi connectivity index (χ4n) is 2.96. The number of aliphatic hydroxyl groups excluding tert-OH is 1. The van der Waals surface area contributed by atoms with Crippen molar-refractivity contribution in [1.29, 1.82) is 0 Å². The van der Waals surface area contributed by atoms with E-state index in [0.717, 1.165) is 6.07 Å². The minimum absolute atomic E-state index is 0.0905. The van der Waals surface area contributed by atoms with Crippen LogP contribution in [0.5, 0.6) is 0 Å². The number of aliphatic hydroxyl groups is 1. The molecule has 1 aromatic rings. The van der Waals surface area contributed by atoms with Gasteiger partial charge in [-0.2, -0.15) is 13.2 Å². The standard InChI is InChI=1S/C17H22F3NO3/c1-16(2,3)24-15(23)21-8-11(10-22)13(9-21)12-6-4-5-7-14(12)17(18,19)20/h4-7,11,13,22H,8-10H2,1-3H3/t11-,13+/m1/s1. The normalized spacial score (nSPS) is 21.9. The monoisotopic (exact) mass is 345 g/mol. The van der Waals surface area contributed by atoms with Gasteiger partial charge < -0.3 is 14.7 Å². The molecule has 2 atom stereocenters. The van der Waals surface area contributed by atoms with Gasteiger partial charge in [-0.25, -0.2) is 4.79 Å². The molecule has 0 saturated carbocycles. The van der Waals surface area contributed by atoms with Gasteiger partial charge in [-0.05, 0) is 32.4 Å². The Bertz CT molecular complexity index is 595. The van der Waals surface area contributed by atoms with Crippen LogP contribution in [0.1, 0.15) is 37.8 Å². The van der Waals surface area contributed by atoms with Gasteiger partial charge in [0.05, 0.1) is 5.56 Å². The Hall–Kier alpha value is -1.76. The van der Waals surface area contributed by atoms with Crippen LogP contribution in [0.3, 0.4) is 0 Å². The van der Waals surface area contributed by atoms with E-state index in [2.05, 4.69) is 0 Å². The summed E-state index contributed by atoms with van der Waals surface area (Å²) in [4.78, 5) is 13.5. The van der Waals surface area contributed by atoms with E-state index in [9.17, 15) is 23.1 Å². The van der Waals surface area contributed by atoms with Crippen molar-refractivity contribution in [3.8, 4) is 0 Å². The van der Waals surface area contributed by atoms with E-state index in [0.29, 0.717) is 0 Å². The summed E-state index contributed by atoms with van der Waals surface area (Å²) in [7, 11) is 0. The fourth-order valence-corrected chi connectivity index (χ4v) is 2.96. The highest BCUT2D eigenvalue weighted by atomic mass is 19.4. The second-order valence-electron chi connectivity index (χ2n) is 7.02. The van der Waals surface area contributed by atoms with Gasteiger partial charge in [-0.15, -0.1) is 0 Å². The summed E-state index contributed by atoms with van der Waals surface area (Å²) in [5, 5.41) is 9.56. The summed E-state index contributed by atoms with van der Waals surface area (Å²) in [5.74, 6) is -1.04. The van der Waals surface area contributed by atoms with E-state index in [-0.39, 0.29) is 25.3 Å². The van der Waals surface area contributed by atoms with Gasteiger partial charge in [0.15, 0.2) is 0 Å². The van der Waals surface area contributed by atoms with E-state index in [4.69, 9.17) is 4.74 Å². The molecule has 1 fully saturated rings. The van der Waals surface area contributed by atoms with E-state index >= 15 is 0 Å². The molecule has 134 valence electrons. The first-order valence-corrected chi connectivity index (χ1v) is 7.78. The molecular formula is C17H22F3NO3. The fraction of sp³-hybridized carbons (Fsp3) is 0.588. The predicted octanol–water partition coefficient (Wildman–Crippen LogP) is 3.65. The topological polar surface area (TPSA) is 49.8 Å². The molecule has 1 heterocycles. The smallest absolute Gasteiger partial charge is 0.416 e. The van der Waals surface area contributed by atoms with Crippen molar-refractivity contribution < 1.29 is 27.8 Å². The molecule has 0 aliphatic carbocycles. The van der Waals surface area contributed by atoms with E-state index in [1.54, 1.807) is 20.8 Å². The molecule has 1 N–H and O–H groups in total. The van der Waals surface area contributed by atoms with Crippen molar-refractivity contribution >= 4 is 6.09 Å². The first-order valence-electron chi connectivity index (χ1n) is 7.78. The van der Waals surface area contributed by atoms with Gasteiger partial charge in [0.2, 0.25) is 0 Å². The number of ether oxygens (including phenoxy) is 1. The molecule has 24 heavy (non-hydrogen) atoms. The zero-order chi connectivity index (χ0) is 18.1. The molecule has 1 aliphatic heterocycles. The van der Waals surface area contributed by atoms with Crippen LogP contribution in [0, 0.1) is 5.92 Å². The number of likely N-dealkylation sites (tertiary alicyclic amines) is 1. The Morgan fingerprint density at radius 3 is 2.42 bits per heavy atom. The second kappa shape index (κ2) is 6.63. The molecule has 1 aliphatic rings. The molecule has 0 bridgehead atoms. The molecular weight excluding hydrogens is 323 g/mol. The van der Waals surface area contributed by atoms with Gasteiger partial charge in [0, 0.05) is 31.5 Å². The number of amides is 1. The third-order valence-electron chi connectivity index (χ3n) is 3.99. The van der Waals surface area contributed by atoms with Crippen molar-refractivity contribution in [1.82, 2.24) is 4.90 Å². The third-order valence-corrected chi connectivity index (χ3v) is 3.99. The number of benzene rings is 1. The largest absolute Gasteiger partial charge is 0.444 e. The molecule has 1 aromatic carbocycles. The number of alkyl halides is 3. The Balaban J connectivity index is 2.27. The summed E-state index contributed by atoms with van der Waals surface area (Å²) in [6, 6.07) is 5.31. The first kappa shape index (κ1) is 18.6. The zero-order valence-corrected chi connectivity index (χ0v) is 13.9. The summed E-state index contributed by atoms with van der Waals surface area (Å²) >= 11 is 0. The Morgan fingerprint density at radius 2 is 1.88 bits per heavy atom. The van der Waals surface area contributed by atoms with Crippen LogP contribution in [0.4, 0.5) is 18.0 Å². The Labute approximate surface area is 139 Å². The minimum atomic E-state index is -4.48. The number of halogens is 3. The minimum Gasteiger partial charge on any atom is -0.444 e. The molecule has 2 rings (SSSR count). The van der Waals surface area contributed by atoms with Gasteiger partial charge in [0.1, 0.15) is 5.60 Å². The quantitative estimate of drug-likeness (QED) is 0.890. The van der Waals surface area contributed by atoms with E-state index in [1.165, 1.54) is 23.1 Å². The maximum atomic E-state index is 13.2. The summed E-state index contributed by atoms with van der Waals surface area (Å²) in [6.07, 6.45) is -5.05. The second-order valence-corrected chi connectivity index (χ2v) is 7.02. The maximum Gasteiger partial charge on any atom is 0.416 e. The summed E-state index contributed by atoms with van der Waals surface area (Å²) < 4.78 is 45.0. The lowest BCUT2D eigenvalue weighted by atomic mass is 9.86. The van der Waals surface area contributed by atoms with Gasteiger partial charge in [-0.3, -0.25) is 0 Å². The maximum absolute atomic E-state index is 13.2. The van der Waals surface area contributed by atoms with Crippen LogP contribution in [-0.4, -0.2) is 41.4 Å². The van der Waals surface area contributed by atoms with E-state index in [1.807, 2.05) is 0 Å². The molecule has 7 heteroatoms. The number of carbonyl (C=O) groups excluding carboxylic acids is 1. The number of hydrogen-bond acceptors (Lipinski definition) is 3. The van der Waals surface area contributed by atoms with Crippen molar-refractivity contribution in [2.45, 2.75) is 38.5 Å². The molecule has 4 nitrogen and oxygen atoms in total. The van der Waals surface area contributed by atoms with Gasteiger partial charge in [-0.1, -0.05) is 18.2 Å². The van der Waals surface area contributed by atoms with Crippen molar-refractivity contribution in [3.63, 3.8) is 0 Å². The summed E-state index contributed by atoms with van der Waals surface area (Å²) in [6.45, 7) is 5.13. The average Bonchev–Trinajstić information content (AvgIpc) is 2.89. The van der Waals surface area contributed by atoms with Crippen molar-refractivity contribution in [3.05, 3.63) is 35.4 Å². The number of hydrogen-bond donors (Lipinski definition) is 1. The van der Waals surface area contributed by atoms with Gasteiger partial charge in [0.25, 0.3) is 0 Å². The molecule has 0 radical (unpaired) electrons. The number of carbonyl (C=O) groups is 1. The molecule has 0 unspecified atom stereocenters. The van der Waals surface area contributed by atoms with Crippen LogP contribution in [0.15, 0.2) is 24.3 Å². The van der Waals surface area contributed by atoms with Crippen molar-refractivity contribution in [2.24, 2.45) is 5.92 Å². The number of rotatable bonds is 2. The van der Waals surface area contributed by atoms with E-state index < -0.39 is 35.3 Å². The highest BCUT2D eigenvalue weighted by Crippen LogP contribution is 2.40. The average molecular weight is 345 g/mol. The molecule has 1 amide bonds. The number of nitrogens with zero attached hydrogens (tertiary/aromatic N) is 1. The highest BCUT2D eigenvalue weighted by molar-refractivity contribution is 5.69. The first-order chi connectivity index (χ1) is 11.0. The SMILES string of the molecule is CC(C)(C)OC(=O)N1C[C@H](CO)[C@@H](c2ccccc2C(F)(F)F)C1. The van der Waals surface area contributed by atoms with Gasteiger partial charge >= 0.3 is 12.3 Å². The van der Waals surface area contributed by atoms with Crippen molar-refractivity contribution in [2.75, 3.05) is 19.7 Å². The lowest BCUT2D eigenvalue weighted by Crippen LogP contribution is -2.35. The van der Waals surface area contributed by atoms with Crippen LogP contribution >= 0.6 is 0 Å². The third kappa shape index (κ3) is 4.20. The van der Waals surface area contributed by atoms with Crippen LogP contribution < -0.4 is 0 Å². The van der Waals surface area contributed by atoms with Crippen LogP contribution in [0.25, 0.3) is 0 Å². The lowest BCUT2D eigenvalue weighted by Gasteiger charge is -2.24. The highest BCUT2D eigenvalue weighted by Gasteiger charge is 2.42. The van der Waals surface area contributed by atoms with Crippen LogP contribution in [0.2, 0.25) is 0 Å².